The van der Waals surface area contributed by atoms with E-state index >= 15 is 0 Å². The SMILES string of the molecule is CC1(C)C(NC(=O)c2cc3cccc(C(F)F)c3s2)C2CCN1CC2. The van der Waals surface area contributed by atoms with Crippen molar-refractivity contribution in [2.75, 3.05) is 13.1 Å². The first-order valence-corrected chi connectivity index (χ1v) is 9.56. The fraction of sp³-hybridized carbons (Fsp3) is 0.526. The molecule has 0 radical (unpaired) electrons. The average molecular weight is 364 g/mol. The molecule has 1 atom stereocenters. The summed E-state index contributed by atoms with van der Waals surface area (Å²) in [5.74, 6) is 0.350. The first-order valence-electron chi connectivity index (χ1n) is 8.74. The molecular weight excluding hydrogens is 342 g/mol. The Balaban J connectivity index is 1.61. The Morgan fingerprint density at radius 2 is 2.04 bits per heavy atom. The summed E-state index contributed by atoms with van der Waals surface area (Å²) in [7, 11) is 0. The molecule has 25 heavy (non-hydrogen) atoms. The van der Waals surface area contributed by atoms with E-state index in [-0.39, 0.29) is 23.1 Å². The quantitative estimate of drug-likeness (QED) is 0.873. The number of carbonyl (C=O) groups is 1. The summed E-state index contributed by atoms with van der Waals surface area (Å²) in [6.45, 7) is 6.54. The van der Waals surface area contributed by atoms with Crippen LogP contribution < -0.4 is 5.32 Å². The van der Waals surface area contributed by atoms with Gasteiger partial charge < -0.3 is 5.32 Å². The van der Waals surface area contributed by atoms with Crippen molar-refractivity contribution in [2.24, 2.45) is 5.92 Å². The molecule has 2 aromatic rings. The molecule has 3 aliphatic rings. The Morgan fingerprint density at radius 3 is 2.68 bits per heavy atom. The minimum Gasteiger partial charge on any atom is -0.346 e. The number of fused-ring (bicyclic) bond motifs is 4. The average Bonchev–Trinajstić information content (AvgIpc) is 3.02. The van der Waals surface area contributed by atoms with Crippen molar-refractivity contribution in [1.82, 2.24) is 10.2 Å². The second kappa shape index (κ2) is 6.02. The second-order valence-electron chi connectivity index (χ2n) is 7.61. The lowest BCUT2D eigenvalue weighted by molar-refractivity contribution is -0.0377. The third-order valence-corrected chi connectivity index (χ3v) is 7.11. The number of piperidine rings is 3. The van der Waals surface area contributed by atoms with Crippen molar-refractivity contribution in [3.8, 4) is 0 Å². The molecule has 6 heteroatoms. The van der Waals surface area contributed by atoms with Crippen LogP contribution in [-0.4, -0.2) is 35.5 Å². The Labute approximate surface area is 150 Å². The molecule has 1 N–H and O–H groups in total. The van der Waals surface area contributed by atoms with Crippen molar-refractivity contribution in [1.29, 1.82) is 0 Å². The lowest BCUT2D eigenvalue weighted by Gasteiger charge is -2.56. The Bertz CT molecular complexity index is 809. The molecular formula is C19H22F2N2OS. The van der Waals surface area contributed by atoms with Gasteiger partial charge in [0, 0.05) is 21.8 Å². The maximum Gasteiger partial charge on any atom is 0.265 e. The van der Waals surface area contributed by atoms with Gasteiger partial charge in [-0.2, -0.15) is 0 Å². The predicted octanol–water partition coefficient (Wildman–Crippen LogP) is 4.44. The summed E-state index contributed by atoms with van der Waals surface area (Å²) in [6, 6.07) is 6.67. The van der Waals surface area contributed by atoms with Crippen LogP contribution in [0, 0.1) is 5.92 Å². The zero-order chi connectivity index (χ0) is 17.8. The zero-order valence-corrected chi connectivity index (χ0v) is 15.2. The van der Waals surface area contributed by atoms with Crippen molar-refractivity contribution in [3.05, 3.63) is 34.7 Å². The third kappa shape index (κ3) is 2.75. The summed E-state index contributed by atoms with van der Waals surface area (Å²) in [5.41, 5.74) is -0.0635. The molecule has 3 aliphatic heterocycles. The molecule has 0 spiro atoms. The molecule has 2 bridgehead atoms. The van der Waals surface area contributed by atoms with Gasteiger partial charge in [-0.15, -0.1) is 11.3 Å². The molecule has 134 valence electrons. The molecule has 4 heterocycles. The first-order chi connectivity index (χ1) is 11.9. The maximum atomic E-state index is 13.2. The van der Waals surface area contributed by atoms with Gasteiger partial charge in [0.2, 0.25) is 0 Å². The number of halogens is 2. The van der Waals surface area contributed by atoms with Gasteiger partial charge in [0.1, 0.15) is 0 Å². The van der Waals surface area contributed by atoms with Crippen LogP contribution in [-0.2, 0) is 0 Å². The molecule has 3 nitrogen and oxygen atoms in total. The third-order valence-electron chi connectivity index (χ3n) is 5.91. The number of amides is 1. The molecule has 3 saturated heterocycles. The molecule has 0 aliphatic carbocycles. The molecule has 1 unspecified atom stereocenters. The van der Waals surface area contributed by atoms with E-state index in [9.17, 15) is 13.6 Å². The van der Waals surface area contributed by atoms with E-state index in [1.165, 1.54) is 6.07 Å². The van der Waals surface area contributed by atoms with Gasteiger partial charge in [-0.25, -0.2) is 8.78 Å². The highest BCUT2D eigenvalue weighted by atomic mass is 32.1. The summed E-state index contributed by atoms with van der Waals surface area (Å²) < 4.78 is 26.9. The molecule has 3 fully saturated rings. The van der Waals surface area contributed by atoms with Gasteiger partial charge in [0.05, 0.1) is 4.88 Å². The van der Waals surface area contributed by atoms with Gasteiger partial charge in [-0.1, -0.05) is 18.2 Å². The highest BCUT2D eigenvalue weighted by Gasteiger charge is 2.48. The van der Waals surface area contributed by atoms with Gasteiger partial charge in [-0.3, -0.25) is 9.69 Å². The lowest BCUT2D eigenvalue weighted by atomic mass is 9.72. The number of thiophene rings is 1. The monoisotopic (exact) mass is 364 g/mol. The van der Waals surface area contributed by atoms with E-state index in [1.807, 2.05) is 0 Å². The van der Waals surface area contributed by atoms with E-state index in [1.54, 1.807) is 18.2 Å². The standard InChI is InChI=1S/C19H22F2N2OS/c1-19(2)16(11-6-8-23(19)9-7-11)22-18(24)14-10-12-4-3-5-13(17(20)21)15(12)25-14/h3-5,10-11,16-17H,6-9H2,1-2H3,(H,22,24). The smallest absolute Gasteiger partial charge is 0.265 e. The number of nitrogens with one attached hydrogen (secondary N) is 1. The minimum atomic E-state index is -2.53. The number of rotatable bonds is 3. The highest BCUT2D eigenvalue weighted by Crippen LogP contribution is 2.39. The van der Waals surface area contributed by atoms with E-state index in [0.29, 0.717) is 20.9 Å². The molecule has 1 amide bonds. The second-order valence-corrected chi connectivity index (χ2v) is 8.66. The number of carbonyl (C=O) groups excluding carboxylic acids is 1. The predicted molar refractivity (Wildman–Crippen MR) is 96.4 cm³/mol. The van der Waals surface area contributed by atoms with Crippen molar-refractivity contribution in [3.63, 3.8) is 0 Å². The highest BCUT2D eigenvalue weighted by molar-refractivity contribution is 7.21. The molecule has 1 aromatic carbocycles. The van der Waals surface area contributed by atoms with Crippen LogP contribution in [0.5, 0.6) is 0 Å². The van der Waals surface area contributed by atoms with Crippen LogP contribution in [0.15, 0.2) is 24.3 Å². The van der Waals surface area contributed by atoms with Crippen molar-refractivity contribution < 1.29 is 13.6 Å². The van der Waals surface area contributed by atoms with Crippen LogP contribution in [0.2, 0.25) is 0 Å². The van der Waals surface area contributed by atoms with E-state index in [4.69, 9.17) is 0 Å². The summed E-state index contributed by atoms with van der Waals surface area (Å²) in [4.78, 5) is 15.8. The summed E-state index contributed by atoms with van der Waals surface area (Å²) in [5, 5.41) is 3.92. The van der Waals surface area contributed by atoms with Gasteiger partial charge in [0.25, 0.3) is 12.3 Å². The maximum absolute atomic E-state index is 13.2. The number of alkyl halides is 2. The number of hydrogen-bond acceptors (Lipinski definition) is 3. The largest absolute Gasteiger partial charge is 0.346 e. The van der Waals surface area contributed by atoms with Gasteiger partial charge >= 0.3 is 0 Å². The molecule has 1 aromatic heterocycles. The summed E-state index contributed by atoms with van der Waals surface area (Å²) >= 11 is 1.16. The fourth-order valence-electron chi connectivity index (χ4n) is 4.46. The molecule has 0 saturated carbocycles. The van der Waals surface area contributed by atoms with Crippen LogP contribution in [0.25, 0.3) is 10.1 Å². The van der Waals surface area contributed by atoms with Crippen molar-refractivity contribution >= 4 is 27.3 Å². The van der Waals surface area contributed by atoms with E-state index in [0.717, 1.165) is 37.3 Å². The van der Waals surface area contributed by atoms with Crippen LogP contribution in [0.3, 0.4) is 0 Å². The van der Waals surface area contributed by atoms with Gasteiger partial charge in [-0.05, 0) is 57.1 Å². The number of hydrogen-bond donors (Lipinski definition) is 1. The lowest BCUT2D eigenvalue weighted by Crippen LogP contribution is -2.69. The van der Waals surface area contributed by atoms with Crippen LogP contribution in [0.4, 0.5) is 8.78 Å². The van der Waals surface area contributed by atoms with Crippen LogP contribution in [0.1, 0.15) is 48.3 Å². The summed E-state index contributed by atoms with van der Waals surface area (Å²) in [6.07, 6.45) is -0.314. The van der Waals surface area contributed by atoms with Gasteiger partial charge in [0.15, 0.2) is 0 Å². The number of nitrogens with zero attached hydrogens (tertiary/aromatic N) is 1. The Hall–Kier alpha value is -1.53. The minimum absolute atomic E-state index is 0.00437. The number of benzene rings is 1. The first kappa shape index (κ1) is 16.9. The van der Waals surface area contributed by atoms with E-state index < -0.39 is 6.43 Å². The van der Waals surface area contributed by atoms with E-state index in [2.05, 4.69) is 24.1 Å². The topological polar surface area (TPSA) is 32.3 Å². The zero-order valence-electron chi connectivity index (χ0n) is 14.4. The Kier molecular flexibility index (Phi) is 4.07. The van der Waals surface area contributed by atoms with Crippen LogP contribution >= 0.6 is 11.3 Å². The Morgan fingerprint density at radius 1 is 1.32 bits per heavy atom. The molecule has 5 rings (SSSR count). The van der Waals surface area contributed by atoms with Crippen molar-refractivity contribution in [2.45, 2.75) is 44.7 Å². The normalized spacial score (nSPS) is 27.8. The fourth-order valence-corrected chi connectivity index (χ4v) is 5.54.